The smallest absolute Gasteiger partial charge is 0.247 e. The molecule has 21 nitrogen and oxygen atoms in total. The first-order chi connectivity index (χ1) is 43.5. The average molecular weight is 1240 g/mol. The third-order valence-electron chi connectivity index (χ3n) is 15.1. The predicted octanol–water partition coefficient (Wildman–Crippen LogP) is 8.05. The fourth-order valence-electron chi connectivity index (χ4n) is 9.90. The van der Waals surface area contributed by atoms with Crippen LogP contribution in [-0.2, 0) is 59.2 Å². The second kappa shape index (κ2) is 37.8. The highest BCUT2D eigenvalue weighted by Gasteiger charge is 2.42. The second-order valence-corrected chi connectivity index (χ2v) is 22.5. The van der Waals surface area contributed by atoms with Gasteiger partial charge < -0.3 is 64.0 Å². The Balaban J connectivity index is 0.000000533. The van der Waals surface area contributed by atoms with E-state index in [1.54, 1.807) is 29.3 Å². The SMILES string of the molecule is C=C/C=C(\C=C)CNC(=O)C(c1ccc(OC)c2ccccc12)N(C(=O)CCc1ccc(OCCCCN(C)CCOCCOCCc2cn(CCOCCOc3ccc(NC)cc3)nn2)cc1)C1CC1.CN1CCN(C(=O)Cc2csc(NC=O)n2)CC1. The van der Waals surface area contributed by atoms with Crippen molar-refractivity contribution < 1.29 is 47.6 Å². The van der Waals surface area contributed by atoms with Gasteiger partial charge in [-0.05, 0) is 117 Å². The van der Waals surface area contributed by atoms with E-state index in [-0.39, 0.29) is 36.7 Å². The minimum absolute atomic E-state index is 0.0153. The minimum Gasteiger partial charge on any atom is -0.496 e. The number of fused-ring (bicyclic) bond motifs is 1. The van der Waals surface area contributed by atoms with Gasteiger partial charge in [0.1, 0.15) is 29.9 Å². The standard InChI is InChI=1S/C56H73N7O8.C11H16N4O2S/c1-6-12-43(7-2)41-58-56(65)55(52-26-27-53(66-5)51-14-9-8-13-50(51)52)63(47-20-21-47)54(64)28-17-44-15-22-48(23-16-44)70-33-11-10-30-61(4)31-35-68-38-37-67-34-29-46-42-62(60-59-46)32-36-69-39-40-71-49-24-18-45(57-3)19-25-49;1-14-2-4-15(5-3-14)10(17)6-9-7-18-11(13-9)12-8-16/h6-9,12-16,18-19,22-27,42,47,55,57H,1-2,10-11,17,20-21,28-41H2,3-5H3,(H,58,65);7-8H,2-6H2,1H3,(H,12,13,16)/b43-12+;. The number of likely N-dealkylation sites (N-methyl/N-ethyl adjacent to an activating group) is 2. The summed E-state index contributed by atoms with van der Waals surface area (Å²) in [5, 5.41) is 21.2. The van der Waals surface area contributed by atoms with Gasteiger partial charge in [-0.2, -0.15) is 0 Å². The molecule has 2 aromatic heterocycles. The molecule has 3 heterocycles. The molecule has 6 aromatic rings. The number of nitrogens with zero attached hydrogens (tertiary/aromatic N) is 8. The second-order valence-electron chi connectivity index (χ2n) is 21.7. The van der Waals surface area contributed by atoms with Gasteiger partial charge in [-0.3, -0.25) is 19.2 Å². The molecule has 0 bridgehead atoms. The van der Waals surface area contributed by atoms with E-state index in [4.69, 9.17) is 28.4 Å². The third kappa shape index (κ3) is 23.2. The maximum Gasteiger partial charge on any atom is 0.247 e. The number of hydrogen-bond acceptors (Lipinski definition) is 17. The highest BCUT2D eigenvalue weighted by molar-refractivity contribution is 7.13. The highest BCUT2D eigenvalue weighted by atomic mass is 32.1. The number of carbonyl (C=O) groups is 4. The molecule has 8 rings (SSSR count). The Hall–Kier alpha value is -7.99. The van der Waals surface area contributed by atoms with Crippen molar-refractivity contribution in [1.29, 1.82) is 0 Å². The molecule has 478 valence electrons. The van der Waals surface area contributed by atoms with Crippen molar-refractivity contribution >= 4 is 57.1 Å². The van der Waals surface area contributed by atoms with Gasteiger partial charge >= 0.3 is 0 Å². The van der Waals surface area contributed by atoms with Crippen LogP contribution in [0.25, 0.3) is 10.8 Å². The van der Waals surface area contributed by atoms with Crippen LogP contribution in [0.3, 0.4) is 0 Å². The number of thiazole rings is 1. The van der Waals surface area contributed by atoms with Gasteiger partial charge in [0.25, 0.3) is 0 Å². The van der Waals surface area contributed by atoms with Gasteiger partial charge in [0.15, 0.2) is 5.13 Å². The number of nitrogens with one attached hydrogen (secondary N) is 3. The van der Waals surface area contributed by atoms with E-state index in [0.29, 0.717) is 102 Å². The summed E-state index contributed by atoms with van der Waals surface area (Å²) in [5.41, 5.74) is 5.26. The Bertz CT molecular complexity index is 3160. The quantitative estimate of drug-likeness (QED) is 0.0189. The number of unbranched alkanes of at least 4 members (excludes halogenated alkanes) is 1. The van der Waals surface area contributed by atoms with Crippen LogP contribution in [0.4, 0.5) is 10.8 Å². The first-order valence-electron chi connectivity index (χ1n) is 30.6. The lowest BCUT2D eigenvalue weighted by Crippen LogP contribution is -2.47. The topological polar surface area (TPSA) is 216 Å². The van der Waals surface area contributed by atoms with Crippen molar-refractivity contribution in [3.05, 3.63) is 156 Å². The molecule has 1 unspecified atom stereocenters. The van der Waals surface area contributed by atoms with Gasteiger partial charge in [0.05, 0.1) is 77.7 Å². The third-order valence-corrected chi connectivity index (χ3v) is 15.9. The van der Waals surface area contributed by atoms with Crippen LogP contribution in [0.15, 0.2) is 133 Å². The lowest BCUT2D eigenvalue weighted by Gasteiger charge is -2.32. The molecule has 2 fully saturated rings. The molecule has 22 heteroatoms. The van der Waals surface area contributed by atoms with Gasteiger partial charge in [-0.25, -0.2) is 9.67 Å². The maximum absolute atomic E-state index is 14.3. The first-order valence-corrected chi connectivity index (χ1v) is 31.5. The summed E-state index contributed by atoms with van der Waals surface area (Å²) in [4.78, 5) is 63.1. The number of allylic oxidation sites excluding steroid dienone is 2. The predicted molar refractivity (Wildman–Crippen MR) is 349 cm³/mol. The van der Waals surface area contributed by atoms with E-state index < -0.39 is 6.04 Å². The number of hydrogen-bond donors (Lipinski definition) is 3. The number of piperazine rings is 1. The van der Waals surface area contributed by atoms with Gasteiger partial charge in [-0.15, -0.1) is 16.4 Å². The fraction of sp³-hybridized carbons (Fsp3) is 0.448. The van der Waals surface area contributed by atoms with Crippen LogP contribution in [0, 0.1) is 0 Å². The lowest BCUT2D eigenvalue weighted by molar-refractivity contribution is -0.141. The fourth-order valence-corrected chi connectivity index (χ4v) is 10.6. The molecule has 1 aliphatic carbocycles. The van der Waals surface area contributed by atoms with Crippen molar-refractivity contribution in [2.24, 2.45) is 0 Å². The average Bonchev–Trinajstić information content (AvgIpc) is 1.99. The molecule has 0 radical (unpaired) electrons. The molecular formula is C67H89N11O10S. The molecule has 1 saturated carbocycles. The van der Waals surface area contributed by atoms with Gasteiger partial charge in [-0.1, -0.05) is 79.1 Å². The number of rotatable bonds is 39. The number of ether oxygens (including phenoxy) is 6. The first kappa shape index (κ1) is 68.5. The van der Waals surface area contributed by atoms with Crippen molar-refractivity contribution in [2.75, 3.05) is 138 Å². The zero-order valence-electron chi connectivity index (χ0n) is 52.2. The summed E-state index contributed by atoms with van der Waals surface area (Å²) in [7, 11) is 7.68. The summed E-state index contributed by atoms with van der Waals surface area (Å²) >= 11 is 1.33. The molecule has 1 saturated heterocycles. The summed E-state index contributed by atoms with van der Waals surface area (Å²) in [6, 6.07) is 26.6. The Kier molecular flexibility index (Phi) is 29.1. The van der Waals surface area contributed by atoms with Crippen LogP contribution in [0.2, 0.25) is 0 Å². The molecule has 2 aliphatic rings. The van der Waals surface area contributed by atoms with Crippen LogP contribution >= 0.6 is 11.3 Å². The largest absolute Gasteiger partial charge is 0.496 e. The van der Waals surface area contributed by atoms with E-state index >= 15 is 0 Å². The molecule has 4 amide bonds. The van der Waals surface area contributed by atoms with Crippen LogP contribution in [0.5, 0.6) is 17.2 Å². The number of aromatic nitrogens is 4. The van der Waals surface area contributed by atoms with E-state index in [2.05, 4.69) is 68.3 Å². The number of anilines is 2. The van der Waals surface area contributed by atoms with E-state index in [1.807, 2.05) is 114 Å². The summed E-state index contributed by atoms with van der Waals surface area (Å²) in [6.07, 6.45) is 13.1. The van der Waals surface area contributed by atoms with E-state index in [1.165, 1.54) is 11.3 Å². The van der Waals surface area contributed by atoms with Crippen LogP contribution < -0.4 is 30.2 Å². The van der Waals surface area contributed by atoms with Crippen molar-refractivity contribution in [2.45, 2.75) is 70.0 Å². The monoisotopic (exact) mass is 1240 g/mol. The molecule has 89 heavy (non-hydrogen) atoms. The zero-order chi connectivity index (χ0) is 63.0. The Morgan fingerprint density at radius 3 is 2.21 bits per heavy atom. The van der Waals surface area contributed by atoms with Crippen molar-refractivity contribution in [3.8, 4) is 17.2 Å². The van der Waals surface area contributed by atoms with Crippen LogP contribution in [0.1, 0.15) is 60.7 Å². The molecule has 1 atom stereocenters. The van der Waals surface area contributed by atoms with Crippen LogP contribution in [-0.4, -0.2) is 197 Å². The number of methoxy groups -OCH3 is 1. The van der Waals surface area contributed by atoms with Gasteiger partial charge in [0, 0.05) is 87.9 Å². The maximum atomic E-state index is 14.3. The Morgan fingerprint density at radius 2 is 1.51 bits per heavy atom. The number of aryl methyl sites for hydroxylation is 1. The molecule has 0 spiro atoms. The number of benzene rings is 4. The summed E-state index contributed by atoms with van der Waals surface area (Å²) in [5.74, 6) is 2.13. The minimum atomic E-state index is -0.822. The Morgan fingerprint density at radius 1 is 0.798 bits per heavy atom. The number of amides is 4. The van der Waals surface area contributed by atoms with Crippen molar-refractivity contribution in [3.63, 3.8) is 0 Å². The van der Waals surface area contributed by atoms with Crippen molar-refractivity contribution in [1.82, 2.24) is 44.9 Å². The molecule has 4 aromatic carbocycles. The summed E-state index contributed by atoms with van der Waals surface area (Å²) in [6.45, 7) is 18.1. The number of carbonyl (C=O) groups excluding carboxylic acids is 4. The normalized spacial score (nSPS) is 13.7. The lowest BCUT2D eigenvalue weighted by atomic mass is 9.95. The van der Waals surface area contributed by atoms with Gasteiger partial charge in [0.2, 0.25) is 24.1 Å². The highest BCUT2D eigenvalue weighted by Crippen LogP contribution is 2.40. The molecule has 1 aliphatic heterocycles. The van der Waals surface area contributed by atoms with E-state index in [9.17, 15) is 19.2 Å². The van der Waals surface area contributed by atoms with E-state index in [0.717, 1.165) is 115 Å². The summed E-state index contributed by atoms with van der Waals surface area (Å²) < 4.78 is 36.5. The molecular weight excluding hydrogens is 1150 g/mol. The Labute approximate surface area is 528 Å². The molecule has 3 N–H and O–H groups in total. The zero-order valence-corrected chi connectivity index (χ0v) is 53.0.